The van der Waals surface area contributed by atoms with Crippen LogP contribution in [-0.4, -0.2) is 21.7 Å². The van der Waals surface area contributed by atoms with Gasteiger partial charge in [0.25, 0.3) is 5.95 Å². The number of hydrogen-bond donors (Lipinski definition) is 1. The van der Waals surface area contributed by atoms with Gasteiger partial charge in [0.1, 0.15) is 0 Å². The quantitative estimate of drug-likeness (QED) is 0.710. The summed E-state index contributed by atoms with van der Waals surface area (Å²) in [5.41, 5.74) is 5.52. The molecule has 3 aromatic rings. The maximum Gasteiger partial charge on any atom is 0.251 e. The van der Waals surface area contributed by atoms with E-state index in [4.69, 9.17) is 11.6 Å². The van der Waals surface area contributed by atoms with E-state index >= 15 is 0 Å². The first-order chi connectivity index (χ1) is 12.6. The van der Waals surface area contributed by atoms with Gasteiger partial charge in [-0.2, -0.15) is 10.1 Å². The van der Waals surface area contributed by atoms with Gasteiger partial charge in [-0.3, -0.25) is 0 Å². The molecule has 0 unspecified atom stereocenters. The smallest absolute Gasteiger partial charge is 0.251 e. The third-order valence-electron chi connectivity index (χ3n) is 4.58. The average molecular weight is 366 g/mol. The van der Waals surface area contributed by atoms with Crippen LogP contribution in [0.4, 0.5) is 23.1 Å². The fourth-order valence-corrected chi connectivity index (χ4v) is 3.78. The Morgan fingerprint density at radius 3 is 2.85 bits per heavy atom. The molecule has 0 saturated heterocycles. The van der Waals surface area contributed by atoms with E-state index in [9.17, 15) is 0 Å². The monoisotopic (exact) mass is 365 g/mol. The molecule has 1 aliphatic heterocycles. The van der Waals surface area contributed by atoms with Crippen LogP contribution in [0.2, 0.25) is 5.02 Å². The second kappa shape index (κ2) is 6.92. The van der Waals surface area contributed by atoms with Crippen molar-refractivity contribution in [2.24, 2.45) is 0 Å². The predicted octanol–water partition coefficient (Wildman–Crippen LogP) is 4.97. The first-order valence-electron chi connectivity index (χ1n) is 8.71. The Kier molecular flexibility index (Phi) is 4.47. The van der Waals surface area contributed by atoms with E-state index in [1.807, 2.05) is 26.0 Å². The van der Waals surface area contributed by atoms with Gasteiger partial charge in [0, 0.05) is 12.2 Å². The Morgan fingerprint density at radius 1 is 1.15 bits per heavy atom. The van der Waals surface area contributed by atoms with Crippen molar-refractivity contribution in [1.29, 1.82) is 0 Å². The topological polar surface area (TPSA) is 53.9 Å². The summed E-state index contributed by atoms with van der Waals surface area (Å²) in [6.45, 7) is 4.94. The molecule has 2 heterocycles. The van der Waals surface area contributed by atoms with Crippen LogP contribution in [0.1, 0.15) is 23.1 Å². The van der Waals surface area contributed by atoms with E-state index in [0.717, 1.165) is 41.9 Å². The normalized spacial score (nSPS) is 13.4. The molecule has 0 bridgehead atoms. The maximum absolute atomic E-state index is 6.40. The standard InChI is InChI=1S/C20H20ClN5/c1-13-10-14(2)19(16(21)11-13)23-18-12-22-25-20(24-18)26-9-5-7-15-6-3-4-8-17(15)26/h3-4,6,8,10-12H,5,7,9H2,1-2H3,(H,23,24,25). The first kappa shape index (κ1) is 16.8. The van der Waals surface area contributed by atoms with Crippen LogP contribution < -0.4 is 10.2 Å². The highest BCUT2D eigenvalue weighted by atomic mass is 35.5. The SMILES string of the molecule is Cc1cc(C)c(Nc2cnnc(N3CCCc4ccccc43)n2)c(Cl)c1. The maximum atomic E-state index is 6.40. The average Bonchev–Trinajstić information content (AvgIpc) is 2.64. The summed E-state index contributed by atoms with van der Waals surface area (Å²) in [4.78, 5) is 6.80. The lowest BCUT2D eigenvalue weighted by Crippen LogP contribution is -2.26. The molecule has 5 nitrogen and oxygen atoms in total. The van der Waals surface area contributed by atoms with Gasteiger partial charge in [0.15, 0.2) is 5.82 Å². The molecule has 0 fully saturated rings. The number of benzene rings is 2. The van der Waals surface area contributed by atoms with Crippen LogP contribution in [0.5, 0.6) is 0 Å². The number of rotatable bonds is 3. The number of aryl methyl sites for hydroxylation is 3. The van der Waals surface area contributed by atoms with E-state index in [1.54, 1.807) is 6.20 Å². The molecule has 1 N–H and O–H groups in total. The van der Waals surface area contributed by atoms with Crippen LogP contribution in [0, 0.1) is 13.8 Å². The molecule has 0 atom stereocenters. The van der Waals surface area contributed by atoms with E-state index in [1.165, 1.54) is 5.56 Å². The van der Waals surface area contributed by atoms with Gasteiger partial charge < -0.3 is 10.2 Å². The Balaban J connectivity index is 1.67. The third-order valence-corrected chi connectivity index (χ3v) is 4.88. The Morgan fingerprint density at radius 2 is 2.00 bits per heavy atom. The number of nitrogens with zero attached hydrogens (tertiary/aromatic N) is 4. The number of anilines is 4. The number of para-hydroxylation sites is 1. The summed E-state index contributed by atoms with van der Waals surface area (Å²) < 4.78 is 0. The zero-order chi connectivity index (χ0) is 18.1. The van der Waals surface area contributed by atoms with Gasteiger partial charge in [-0.15, -0.1) is 5.10 Å². The van der Waals surface area contributed by atoms with E-state index in [2.05, 4.69) is 49.7 Å². The fraction of sp³-hybridized carbons (Fsp3) is 0.250. The molecule has 0 aliphatic carbocycles. The number of hydrogen-bond acceptors (Lipinski definition) is 5. The number of halogens is 1. The molecular formula is C20H20ClN5. The molecule has 0 amide bonds. The largest absolute Gasteiger partial charge is 0.337 e. The Hall–Kier alpha value is -2.66. The van der Waals surface area contributed by atoms with E-state index < -0.39 is 0 Å². The molecule has 0 saturated carbocycles. The highest BCUT2D eigenvalue weighted by Gasteiger charge is 2.20. The summed E-state index contributed by atoms with van der Waals surface area (Å²) in [5.74, 6) is 1.23. The van der Waals surface area contributed by atoms with Crippen LogP contribution in [0.3, 0.4) is 0 Å². The van der Waals surface area contributed by atoms with Crippen molar-refractivity contribution in [3.05, 3.63) is 64.3 Å². The third kappa shape index (κ3) is 3.22. The van der Waals surface area contributed by atoms with Gasteiger partial charge in [-0.1, -0.05) is 35.9 Å². The van der Waals surface area contributed by atoms with Crippen molar-refractivity contribution in [3.63, 3.8) is 0 Å². The second-order valence-electron chi connectivity index (χ2n) is 6.59. The van der Waals surface area contributed by atoms with Gasteiger partial charge in [-0.05, 0) is 55.5 Å². The highest BCUT2D eigenvalue weighted by Crippen LogP contribution is 2.33. The minimum Gasteiger partial charge on any atom is -0.337 e. The Labute approximate surface area is 158 Å². The van der Waals surface area contributed by atoms with Crippen molar-refractivity contribution >= 4 is 34.7 Å². The lowest BCUT2D eigenvalue weighted by atomic mass is 10.0. The highest BCUT2D eigenvalue weighted by molar-refractivity contribution is 6.33. The van der Waals surface area contributed by atoms with Gasteiger partial charge in [0.2, 0.25) is 0 Å². The molecule has 1 aromatic heterocycles. The zero-order valence-electron chi connectivity index (χ0n) is 14.8. The number of fused-ring (bicyclic) bond motifs is 1. The summed E-state index contributed by atoms with van der Waals surface area (Å²) in [5, 5.41) is 12.4. The van der Waals surface area contributed by atoms with Crippen LogP contribution in [0.15, 0.2) is 42.6 Å². The zero-order valence-corrected chi connectivity index (χ0v) is 15.6. The number of aromatic nitrogens is 3. The Bertz CT molecular complexity index is 933. The van der Waals surface area contributed by atoms with Crippen LogP contribution >= 0.6 is 11.6 Å². The van der Waals surface area contributed by atoms with Crippen molar-refractivity contribution in [1.82, 2.24) is 15.2 Å². The van der Waals surface area contributed by atoms with Gasteiger partial charge >= 0.3 is 0 Å². The van der Waals surface area contributed by atoms with Gasteiger partial charge in [0.05, 0.1) is 16.9 Å². The summed E-state index contributed by atoms with van der Waals surface area (Å²) in [6.07, 6.45) is 3.77. The van der Waals surface area contributed by atoms with Crippen LogP contribution in [-0.2, 0) is 6.42 Å². The first-order valence-corrected chi connectivity index (χ1v) is 9.08. The number of nitrogens with one attached hydrogen (secondary N) is 1. The van der Waals surface area contributed by atoms with Crippen LogP contribution in [0.25, 0.3) is 0 Å². The molecule has 6 heteroatoms. The lowest BCUT2D eigenvalue weighted by Gasteiger charge is -2.29. The van der Waals surface area contributed by atoms with Crippen molar-refractivity contribution in [2.45, 2.75) is 26.7 Å². The molecule has 4 rings (SSSR count). The summed E-state index contributed by atoms with van der Waals surface area (Å²) in [7, 11) is 0. The van der Waals surface area contributed by atoms with Crippen molar-refractivity contribution in [3.8, 4) is 0 Å². The molecule has 0 radical (unpaired) electrons. The summed E-state index contributed by atoms with van der Waals surface area (Å²) >= 11 is 6.40. The molecule has 0 spiro atoms. The van der Waals surface area contributed by atoms with Gasteiger partial charge in [-0.25, -0.2) is 0 Å². The second-order valence-corrected chi connectivity index (χ2v) is 7.00. The molecule has 2 aromatic carbocycles. The lowest BCUT2D eigenvalue weighted by molar-refractivity contribution is 0.742. The molecule has 132 valence electrons. The molecule has 26 heavy (non-hydrogen) atoms. The molecular weight excluding hydrogens is 346 g/mol. The van der Waals surface area contributed by atoms with E-state index in [0.29, 0.717) is 16.8 Å². The van der Waals surface area contributed by atoms with Crippen molar-refractivity contribution < 1.29 is 0 Å². The minimum absolute atomic E-state index is 0.600. The van der Waals surface area contributed by atoms with E-state index in [-0.39, 0.29) is 0 Å². The summed E-state index contributed by atoms with van der Waals surface area (Å²) in [6, 6.07) is 12.4. The predicted molar refractivity (Wildman–Crippen MR) is 106 cm³/mol. The molecule has 1 aliphatic rings. The minimum atomic E-state index is 0.600. The fourth-order valence-electron chi connectivity index (χ4n) is 3.41. The van der Waals surface area contributed by atoms with Crippen molar-refractivity contribution in [2.75, 3.05) is 16.8 Å².